The highest BCUT2D eigenvalue weighted by Crippen LogP contribution is 2.13. The molecule has 0 atom stereocenters. The Bertz CT molecular complexity index is 307. The second-order valence-corrected chi connectivity index (χ2v) is 2.26. The molecule has 0 amide bonds. The van der Waals surface area contributed by atoms with Gasteiger partial charge in [0.05, 0.1) is 0 Å². The van der Waals surface area contributed by atoms with Crippen LogP contribution in [0.5, 0.6) is 0 Å². The number of halogens is 1. The third-order valence-electron chi connectivity index (χ3n) is 1.19. The van der Waals surface area contributed by atoms with E-state index in [-0.39, 0.29) is 5.82 Å². The van der Waals surface area contributed by atoms with Crippen LogP contribution in [0.3, 0.4) is 0 Å². The van der Waals surface area contributed by atoms with Gasteiger partial charge in [0, 0.05) is 5.88 Å². The number of aromatic amines is 1. The molecule has 0 aromatic carbocycles. The molecule has 0 aliphatic rings. The Morgan fingerprint density at radius 1 is 1.83 bits per heavy atom. The average Bonchev–Trinajstić information content (AvgIpc) is 2.48. The summed E-state index contributed by atoms with van der Waals surface area (Å²) in [5.41, 5.74) is 0.292. The molecule has 0 fully saturated rings. The van der Waals surface area contributed by atoms with Gasteiger partial charge in [-0.3, -0.25) is 0 Å². The maximum atomic E-state index is 10.3. The van der Waals surface area contributed by atoms with E-state index < -0.39 is 4.92 Å². The topological polar surface area (TPSA) is 71.8 Å². The summed E-state index contributed by atoms with van der Waals surface area (Å²) >= 11 is 5.36. The molecular formula is C6H6ClN3O2. The standard InChI is InChI=1S/C6H6ClN3O2/c7-3-1-2-5-6(10(11)12)9-4-8-5/h1-2,4H,3H2,(H,8,9). The van der Waals surface area contributed by atoms with Gasteiger partial charge in [-0.15, -0.1) is 11.6 Å². The lowest BCUT2D eigenvalue weighted by atomic mass is 10.4. The molecule has 1 aromatic rings. The van der Waals surface area contributed by atoms with Crippen LogP contribution in [0.25, 0.3) is 6.08 Å². The normalized spacial score (nSPS) is 10.8. The van der Waals surface area contributed by atoms with Crippen molar-refractivity contribution in [2.75, 3.05) is 5.88 Å². The summed E-state index contributed by atoms with van der Waals surface area (Å²) in [4.78, 5) is 15.9. The summed E-state index contributed by atoms with van der Waals surface area (Å²) < 4.78 is 0. The maximum absolute atomic E-state index is 10.3. The predicted molar refractivity (Wildman–Crippen MR) is 45.0 cm³/mol. The summed E-state index contributed by atoms with van der Waals surface area (Å²) in [5, 5.41) is 10.3. The molecule has 1 N–H and O–H groups in total. The van der Waals surface area contributed by atoms with E-state index in [4.69, 9.17) is 11.6 Å². The number of nitrogens with zero attached hydrogens (tertiary/aromatic N) is 2. The monoisotopic (exact) mass is 187 g/mol. The number of hydrogen-bond donors (Lipinski definition) is 1. The lowest BCUT2D eigenvalue weighted by molar-refractivity contribution is -0.389. The molecule has 0 aliphatic carbocycles. The van der Waals surface area contributed by atoms with Crippen LogP contribution in [0.15, 0.2) is 12.4 Å². The Kier molecular flexibility index (Phi) is 2.82. The number of imidazole rings is 1. The molecule has 64 valence electrons. The highest BCUT2D eigenvalue weighted by Gasteiger charge is 2.11. The molecule has 6 heteroatoms. The van der Waals surface area contributed by atoms with Gasteiger partial charge in [-0.25, -0.2) is 9.97 Å². The van der Waals surface area contributed by atoms with Crippen molar-refractivity contribution >= 4 is 23.5 Å². The van der Waals surface area contributed by atoms with Gasteiger partial charge in [0.25, 0.3) is 0 Å². The Morgan fingerprint density at radius 2 is 2.58 bits per heavy atom. The number of aromatic nitrogens is 2. The second kappa shape index (κ2) is 3.87. The zero-order valence-corrected chi connectivity index (χ0v) is 6.78. The van der Waals surface area contributed by atoms with Gasteiger partial charge in [-0.1, -0.05) is 6.08 Å². The summed E-state index contributed by atoms with van der Waals surface area (Å²) in [6.45, 7) is 0. The van der Waals surface area contributed by atoms with Crippen LogP contribution in [0.2, 0.25) is 0 Å². The van der Waals surface area contributed by atoms with Crippen molar-refractivity contribution in [3.63, 3.8) is 0 Å². The van der Waals surface area contributed by atoms with Gasteiger partial charge in [0.2, 0.25) is 0 Å². The molecule has 0 bridgehead atoms. The zero-order valence-electron chi connectivity index (χ0n) is 6.03. The fraction of sp³-hybridized carbons (Fsp3) is 0.167. The van der Waals surface area contributed by atoms with Crippen LogP contribution < -0.4 is 0 Å². The minimum Gasteiger partial charge on any atom is -0.358 e. The van der Waals surface area contributed by atoms with Crippen molar-refractivity contribution in [1.82, 2.24) is 9.97 Å². The second-order valence-electron chi connectivity index (χ2n) is 1.95. The number of nitro groups is 1. The van der Waals surface area contributed by atoms with Crippen molar-refractivity contribution < 1.29 is 4.92 Å². The molecule has 0 saturated carbocycles. The van der Waals surface area contributed by atoms with Crippen LogP contribution in [0.4, 0.5) is 5.82 Å². The third kappa shape index (κ3) is 1.82. The molecule has 0 aliphatic heterocycles. The van der Waals surface area contributed by atoms with Crippen LogP contribution in [0, 0.1) is 10.1 Å². The molecule has 12 heavy (non-hydrogen) atoms. The molecule has 1 rings (SSSR count). The van der Waals surface area contributed by atoms with E-state index in [1.54, 1.807) is 6.08 Å². The average molecular weight is 188 g/mol. The third-order valence-corrected chi connectivity index (χ3v) is 1.37. The quantitative estimate of drug-likeness (QED) is 0.444. The first-order valence-corrected chi connectivity index (χ1v) is 3.69. The zero-order chi connectivity index (χ0) is 8.97. The van der Waals surface area contributed by atoms with Crippen LogP contribution in [0.1, 0.15) is 5.69 Å². The first-order valence-electron chi connectivity index (χ1n) is 3.16. The molecule has 5 nitrogen and oxygen atoms in total. The molecule has 0 radical (unpaired) electrons. The highest BCUT2D eigenvalue weighted by molar-refractivity contribution is 6.19. The van der Waals surface area contributed by atoms with Gasteiger partial charge in [-0.05, 0) is 11.0 Å². The van der Waals surface area contributed by atoms with Gasteiger partial charge in [0.15, 0.2) is 12.0 Å². The predicted octanol–water partition coefficient (Wildman–Crippen LogP) is 1.57. The highest BCUT2D eigenvalue weighted by atomic mass is 35.5. The number of rotatable bonds is 3. The summed E-state index contributed by atoms with van der Waals surface area (Å²) in [5.74, 6) is 0.195. The lowest BCUT2D eigenvalue weighted by Gasteiger charge is -1.89. The molecular weight excluding hydrogens is 182 g/mol. The van der Waals surface area contributed by atoms with Gasteiger partial charge < -0.3 is 10.1 Å². The minimum absolute atomic E-state index is 0.114. The summed E-state index contributed by atoms with van der Waals surface area (Å²) in [7, 11) is 0. The van der Waals surface area contributed by atoms with Crippen molar-refractivity contribution in [3.8, 4) is 0 Å². The van der Waals surface area contributed by atoms with Crippen molar-refractivity contribution in [1.29, 1.82) is 0 Å². The van der Waals surface area contributed by atoms with E-state index in [0.29, 0.717) is 11.6 Å². The fourth-order valence-electron chi connectivity index (χ4n) is 0.722. The molecule has 1 aromatic heterocycles. The Morgan fingerprint density at radius 3 is 3.17 bits per heavy atom. The van der Waals surface area contributed by atoms with Crippen molar-refractivity contribution in [2.24, 2.45) is 0 Å². The molecule has 0 saturated heterocycles. The largest absolute Gasteiger partial charge is 0.358 e. The summed E-state index contributed by atoms with van der Waals surface area (Å²) in [6, 6.07) is 0. The van der Waals surface area contributed by atoms with E-state index in [1.807, 2.05) is 0 Å². The van der Waals surface area contributed by atoms with Crippen LogP contribution in [-0.2, 0) is 0 Å². The Balaban J connectivity index is 2.91. The Hall–Kier alpha value is -1.36. The summed E-state index contributed by atoms with van der Waals surface area (Å²) in [6.07, 6.45) is 4.36. The molecule has 0 spiro atoms. The number of hydrogen-bond acceptors (Lipinski definition) is 3. The smallest absolute Gasteiger partial charge is 0.347 e. The van der Waals surface area contributed by atoms with Gasteiger partial charge in [0.1, 0.15) is 0 Å². The molecule has 1 heterocycles. The SMILES string of the molecule is O=[N+]([O-])c1[nH]cnc1C=CCCl. The Labute approximate surface area is 73.2 Å². The van der Waals surface area contributed by atoms with Crippen LogP contribution >= 0.6 is 11.6 Å². The first kappa shape index (κ1) is 8.73. The maximum Gasteiger partial charge on any atom is 0.347 e. The number of alkyl halides is 1. The van der Waals surface area contributed by atoms with E-state index in [9.17, 15) is 10.1 Å². The van der Waals surface area contributed by atoms with E-state index in [0.717, 1.165) is 0 Å². The number of allylic oxidation sites excluding steroid dienone is 1. The van der Waals surface area contributed by atoms with Gasteiger partial charge >= 0.3 is 5.82 Å². The minimum atomic E-state index is -0.527. The van der Waals surface area contributed by atoms with E-state index in [2.05, 4.69) is 9.97 Å². The van der Waals surface area contributed by atoms with Crippen molar-refractivity contribution in [3.05, 3.63) is 28.2 Å². The van der Waals surface area contributed by atoms with E-state index >= 15 is 0 Å². The number of H-pyrrole nitrogens is 1. The first-order chi connectivity index (χ1) is 5.75. The van der Waals surface area contributed by atoms with Gasteiger partial charge in [-0.2, -0.15) is 0 Å². The van der Waals surface area contributed by atoms with Crippen LogP contribution in [-0.4, -0.2) is 20.8 Å². The fourth-order valence-corrected chi connectivity index (χ4v) is 0.812. The molecule has 0 unspecified atom stereocenters. The lowest BCUT2D eigenvalue weighted by Crippen LogP contribution is -1.89. The number of nitrogens with one attached hydrogen (secondary N) is 1. The van der Waals surface area contributed by atoms with E-state index in [1.165, 1.54) is 12.4 Å². The van der Waals surface area contributed by atoms with Crippen molar-refractivity contribution in [2.45, 2.75) is 0 Å².